The van der Waals surface area contributed by atoms with E-state index in [1.165, 1.54) is 77.0 Å². The summed E-state index contributed by atoms with van der Waals surface area (Å²) in [6, 6.07) is 8.71. The highest BCUT2D eigenvalue weighted by Gasteiger charge is 1.92. The van der Waals surface area contributed by atoms with Crippen LogP contribution in [0, 0.1) is 0 Å². The lowest BCUT2D eigenvalue weighted by atomic mass is 10.1. The first-order valence-corrected chi connectivity index (χ1v) is 10.6. The summed E-state index contributed by atoms with van der Waals surface area (Å²) in [4.78, 5) is 0. The Labute approximate surface area is 163 Å². The third-order valence-corrected chi connectivity index (χ3v) is 4.04. The second-order valence-corrected chi connectivity index (χ2v) is 6.48. The van der Waals surface area contributed by atoms with E-state index in [0.717, 1.165) is 13.2 Å². The zero-order chi connectivity index (χ0) is 19.7. The quantitative estimate of drug-likeness (QED) is 0.268. The van der Waals surface area contributed by atoms with E-state index in [0.29, 0.717) is 5.75 Å². The third kappa shape index (κ3) is 25.0. The van der Waals surface area contributed by atoms with E-state index in [4.69, 9.17) is 9.84 Å². The molecular formula is C24H44O2. The minimum Gasteiger partial charge on any atom is -0.508 e. The molecule has 0 radical (unpaired) electrons. The van der Waals surface area contributed by atoms with Crippen molar-refractivity contribution in [2.75, 3.05) is 13.2 Å². The SMILES string of the molecule is C=C.CCCCCCCCOCCCCCCCC.Oc1ccccc1. The van der Waals surface area contributed by atoms with Crippen molar-refractivity contribution in [3.63, 3.8) is 0 Å². The van der Waals surface area contributed by atoms with Gasteiger partial charge in [0.05, 0.1) is 0 Å². The van der Waals surface area contributed by atoms with Gasteiger partial charge in [-0.3, -0.25) is 0 Å². The Bertz CT molecular complexity index is 323. The third-order valence-electron chi connectivity index (χ3n) is 4.04. The Morgan fingerprint density at radius 1 is 0.654 bits per heavy atom. The first-order valence-electron chi connectivity index (χ1n) is 10.6. The predicted molar refractivity (Wildman–Crippen MR) is 117 cm³/mol. The number of phenolic OH excluding ortho intramolecular Hbond substituents is 1. The summed E-state index contributed by atoms with van der Waals surface area (Å²) in [6.45, 7) is 12.5. The van der Waals surface area contributed by atoms with E-state index < -0.39 is 0 Å². The topological polar surface area (TPSA) is 29.5 Å². The van der Waals surface area contributed by atoms with E-state index >= 15 is 0 Å². The number of ether oxygens (including phenoxy) is 1. The summed E-state index contributed by atoms with van der Waals surface area (Å²) in [5.41, 5.74) is 0. The van der Waals surface area contributed by atoms with Gasteiger partial charge in [0.25, 0.3) is 0 Å². The smallest absolute Gasteiger partial charge is 0.115 e. The lowest BCUT2D eigenvalue weighted by molar-refractivity contribution is 0.125. The average Bonchev–Trinajstić information content (AvgIpc) is 2.68. The maximum atomic E-state index is 8.63. The summed E-state index contributed by atoms with van der Waals surface area (Å²) in [5, 5.41) is 8.63. The van der Waals surface area contributed by atoms with Gasteiger partial charge in [0.2, 0.25) is 0 Å². The fourth-order valence-corrected chi connectivity index (χ4v) is 2.50. The number of unbranched alkanes of at least 4 members (excludes halogenated alkanes) is 10. The van der Waals surface area contributed by atoms with Crippen molar-refractivity contribution in [3.8, 4) is 5.75 Å². The van der Waals surface area contributed by atoms with Gasteiger partial charge in [-0.1, -0.05) is 96.3 Å². The van der Waals surface area contributed by atoms with Crippen LogP contribution in [0.1, 0.15) is 90.9 Å². The molecule has 0 aliphatic rings. The molecule has 26 heavy (non-hydrogen) atoms. The second-order valence-electron chi connectivity index (χ2n) is 6.48. The Hall–Kier alpha value is -1.28. The highest BCUT2D eigenvalue weighted by Crippen LogP contribution is 2.07. The Morgan fingerprint density at radius 2 is 1.04 bits per heavy atom. The molecule has 0 unspecified atom stereocenters. The zero-order valence-electron chi connectivity index (χ0n) is 17.6. The minimum atomic E-state index is 0.322. The molecule has 0 aromatic heterocycles. The fourth-order valence-electron chi connectivity index (χ4n) is 2.50. The maximum Gasteiger partial charge on any atom is 0.115 e. The van der Waals surface area contributed by atoms with Crippen molar-refractivity contribution in [2.45, 2.75) is 90.9 Å². The molecule has 2 nitrogen and oxygen atoms in total. The molecule has 0 fully saturated rings. The van der Waals surface area contributed by atoms with Gasteiger partial charge < -0.3 is 9.84 Å². The molecule has 2 heteroatoms. The molecule has 0 heterocycles. The van der Waals surface area contributed by atoms with Gasteiger partial charge >= 0.3 is 0 Å². The van der Waals surface area contributed by atoms with Crippen LogP contribution in [0.25, 0.3) is 0 Å². The van der Waals surface area contributed by atoms with Crippen LogP contribution in [0.3, 0.4) is 0 Å². The summed E-state index contributed by atoms with van der Waals surface area (Å²) < 4.78 is 5.65. The average molecular weight is 365 g/mol. The molecule has 1 aromatic rings. The first kappa shape index (κ1) is 26.9. The molecule has 0 aliphatic heterocycles. The number of hydrogen-bond acceptors (Lipinski definition) is 2. The van der Waals surface area contributed by atoms with Crippen LogP contribution in [-0.4, -0.2) is 18.3 Å². The first-order chi connectivity index (χ1) is 12.8. The number of benzene rings is 1. The van der Waals surface area contributed by atoms with Crippen LogP contribution in [0.4, 0.5) is 0 Å². The molecule has 1 N–H and O–H groups in total. The molecule has 0 bridgehead atoms. The highest BCUT2D eigenvalue weighted by atomic mass is 16.5. The second kappa shape index (κ2) is 26.0. The summed E-state index contributed by atoms with van der Waals surface area (Å²) in [6.07, 6.45) is 16.3. The summed E-state index contributed by atoms with van der Waals surface area (Å²) in [5.74, 6) is 0.322. The van der Waals surface area contributed by atoms with Crippen molar-refractivity contribution >= 4 is 0 Å². The van der Waals surface area contributed by atoms with Crippen LogP contribution >= 0.6 is 0 Å². The standard InChI is InChI=1S/C16H34O.C6H6O.C2H4/c1-3-5-7-9-11-13-15-17-16-14-12-10-8-6-4-2;7-6-4-2-1-3-5-6;1-2/h3-16H2,1-2H3;1-5,7H;1-2H2. The molecule has 0 amide bonds. The maximum absolute atomic E-state index is 8.63. The van der Waals surface area contributed by atoms with Gasteiger partial charge in [-0.25, -0.2) is 0 Å². The van der Waals surface area contributed by atoms with Crippen molar-refractivity contribution in [1.82, 2.24) is 0 Å². The van der Waals surface area contributed by atoms with Crippen LogP contribution in [0.2, 0.25) is 0 Å². The van der Waals surface area contributed by atoms with Crippen molar-refractivity contribution in [1.29, 1.82) is 0 Å². The summed E-state index contributed by atoms with van der Waals surface area (Å²) >= 11 is 0. The molecule has 1 aromatic carbocycles. The Balaban J connectivity index is 0. The van der Waals surface area contributed by atoms with Gasteiger partial charge in [0.1, 0.15) is 5.75 Å². The van der Waals surface area contributed by atoms with Crippen molar-refractivity contribution < 1.29 is 9.84 Å². The lowest BCUT2D eigenvalue weighted by Gasteiger charge is -2.04. The van der Waals surface area contributed by atoms with Gasteiger partial charge in [-0.15, -0.1) is 13.2 Å². The van der Waals surface area contributed by atoms with Crippen LogP contribution in [-0.2, 0) is 4.74 Å². The zero-order valence-corrected chi connectivity index (χ0v) is 17.6. The van der Waals surface area contributed by atoms with Crippen molar-refractivity contribution in [2.24, 2.45) is 0 Å². The fraction of sp³-hybridized carbons (Fsp3) is 0.667. The normalized spacial score (nSPS) is 9.62. The van der Waals surface area contributed by atoms with E-state index in [1.807, 2.05) is 6.07 Å². The molecule has 0 saturated carbocycles. The number of para-hydroxylation sites is 1. The molecule has 0 saturated heterocycles. The number of aromatic hydroxyl groups is 1. The van der Waals surface area contributed by atoms with Gasteiger partial charge in [-0.2, -0.15) is 0 Å². The largest absolute Gasteiger partial charge is 0.508 e. The predicted octanol–water partition coefficient (Wildman–Crippen LogP) is 7.92. The molecule has 152 valence electrons. The summed E-state index contributed by atoms with van der Waals surface area (Å²) in [7, 11) is 0. The van der Waals surface area contributed by atoms with Crippen LogP contribution in [0.15, 0.2) is 43.5 Å². The van der Waals surface area contributed by atoms with E-state index in [-0.39, 0.29) is 0 Å². The lowest BCUT2D eigenvalue weighted by Crippen LogP contribution is -1.97. The Morgan fingerprint density at radius 3 is 1.38 bits per heavy atom. The molecule has 0 spiro atoms. The van der Waals surface area contributed by atoms with Crippen LogP contribution < -0.4 is 0 Å². The number of hydrogen-bond donors (Lipinski definition) is 1. The van der Waals surface area contributed by atoms with Gasteiger partial charge in [-0.05, 0) is 25.0 Å². The van der Waals surface area contributed by atoms with Crippen LogP contribution in [0.5, 0.6) is 5.75 Å². The van der Waals surface area contributed by atoms with Gasteiger partial charge in [0, 0.05) is 13.2 Å². The monoisotopic (exact) mass is 364 g/mol. The molecule has 1 rings (SSSR count). The van der Waals surface area contributed by atoms with E-state index in [2.05, 4.69) is 27.0 Å². The molecule has 0 atom stereocenters. The Kier molecular flexibility index (Phi) is 26.9. The number of rotatable bonds is 14. The molecular weight excluding hydrogens is 320 g/mol. The van der Waals surface area contributed by atoms with Crippen molar-refractivity contribution in [3.05, 3.63) is 43.5 Å². The van der Waals surface area contributed by atoms with E-state index in [9.17, 15) is 0 Å². The molecule has 0 aliphatic carbocycles. The van der Waals surface area contributed by atoms with E-state index in [1.54, 1.807) is 24.3 Å². The highest BCUT2D eigenvalue weighted by molar-refractivity contribution is 5.18. The number of phenols is 1. The van der Waals surface area contributed by atoms with Gasteiger partial charge in [0.15, 0.2) is 0 Å². The minimum absolute atomic E-state index is 0.322.